The van der Waals surface area contributed by atoms with Gasteiger partial charge in [0.2, 0.25) is 0 Å². The predicted molar refractivity (Wildman–Crippen MR) is 104 cm³/mol. The van der Waals surface area contributed by atoms with Crippen LogP contribution in [-0.2, 0) is 7.05 Å². The summed E-state index contributed by atoms with van der Waals surface area (Å²) in [5.74, 6) is 0.825. The zero-order valence-corrected chi connectivity index (χ0v) is 15.6. The average molecular weight is 372 g/mol. The second kappa shape index (κ2) is 7.01. The third-order valence-electron chi connectivity index (χ3n) is 5.76. The highest BCUT2D eigenvalue weighted by molar-refractivity contribution is 6.30. The summed E-state index contributed by atoms with van der Waals surface area (Å²) < 4.78 is 14.9. The number of hydrogen-bond acceptors (Lipinski definition) is 2. The van der Waals surface area contributed by atoms with Crippen LogP contribution in [-0.4, -0.2) is 15.8 Å². The summed E-state index contributed by atoms with van der Waals surface area (Å²) >= 11 is 6.57. The molecule has 136 valence electrons. The van der Waals surface area contributed by atoms with Gasteiger partial charge in [-0.3, -0.25) is 4.68 Å². The van der Waals surface area contributed by atoms with E-state index in [-0.39, 0.29) is 11.9 Å². The summed E-state index contributed by atoms with van der Waals surface area (Å²) in [6, 6.07) is 8.74. The van der Waals surface area contributed by atoms with Gasteiger partial charge in [0.05, 0.1) is 11.4 Å². The first-order valence-electron chi connectivity index (χ1n) is 9.12. The van der Waals surface area contributed by atoms with E-state index in [1.54, 1.807) is 12.1 Å². The first-order valence-corrected chi connectivity index (χ1v) is 9.50. The van der Waals surface area contributed by atoms with Crippen molar-refractivity contribution in [1.29, 1.82) is 0 Å². The molecular formula is C21H23ClFN3. The van der Waals surface area contributed by atoms with Crippen LogP contribution in [0.1, 0.15) is 31.4 Å². The van der Waals surface area contributed by atoms with Crippen LogP contribution >= 0.6 is 11.6 Å². The standard InChI is InChI=1S/C21H23ClFN3/c1-26-20(13-4-7-17(23)8-5-13)12-18(25-26)9-6-14-10-15-2-3-16(21(15)24)11-19(14)22/h4-9,12,15-16,21H,2-3,10-11,24H2,1H3/b9-6+/t15-,16+,21?/m1/s1. The van der Waals surface area contributed by atoms with Crippen LogP contribution in [0.5, 0.6) is 0 Å². The van der Waals surface area contributed by atoms with E-state index in [0.29, 0.717) is 11.8 Å². The zero-order chi connectivity index (χ0) is 18.3. The van der Waals surface area contributed by atoms with Crippen molar-refractivity contribution < 1.29 is 4.39 Å². The molecule has 1 unspecified atom stereocenters. The van der Waals surface area contributed by atoms with Gasteiger partial charge in [-0.25, -0.2) is 4.39 Å². The molecule has 4 rings (SSSR count). The van der Waals surface area contributed by atoms with Gasteiger partial charge < -0.3 is 5.73 Å². The number of benzene rings is 1. The topological polar surface area (TPSA) is 43.8 Å². The molecule has 2 N–H and O–H groups in total. The number of hydrogen-bond donors (Lipinski definition) is 1. The molecule has 1 heterocycles. The Kier molecular flexibility index (Phi) is 4.72. The molecule has 0 saturated heterocycles. The first-order chi connectivity index (χ1) is 12.5. The maximum atomic E-state index is 13.1. The van der Waals surface area contributed by atoms with Crippen molar-refractivity contribution in [1.82, 2.24) is 9.78 Å². The Hall–Kier alpha value is -1.91. The molecule has 1 aromatic carbocycles. The Balaban J connectivity index is 1.57. The normalized spacial score (nSPS) is 25.9. The van der Waals surface area contributed by atoms with E-state index >= 15 is 0 Å². The van der Waals surface area contributed by atoms with Crippen LogP contribution in [0.15, 0.2) is 47.0 Å². The van der Waals surface area contributed by atoms with Crippen LogP contribution in [0.2, 0.25) is 0 Å². The Morgan fingerprint density at radius 3 is 2.58 bits per heavy atom. The van der Waals surface area contributed by atoms with E-state index in [4.69, 9.17) is 17.3 Å². The Labute approximate surface area is 158 Å². The molecule has 2 aliphatic carbocycles. The smallest absolute Gasteiger partial charge is 0.123 e. The monoisotopic (exact) mass is 371 g/mol. The van der Waals surface area contributed by atoms with Crippen LogP contribution < -0.4 is 5.73 Å². The van der Waals surface area contributed by atoms with Gasteiger partial charge in [-0.15, -0.1) is 0 Å². The summed E-state index contributed by atoms with van der Waals surface area (Å²) in [4.78, 5) is 0. The molecule has 0 aliphatic heterocycles. The van der Waals surface area contributed by atoms with Gasteiger partial charge in [0, 0.05) is 18.1 Å². The van der Waals surface area contributed by atoms with Crippen molar-refractivity contribution in [3.05, 3.63) is 58.5 Å². The largest absolute Gasteiger partial charge is 0.327 e. The van der Waals surface area contributed by atoms with Gasteiger partial charge in [0.1, 0.15) is 5.82 Å². The van der Waals surface area contributed by atoms with Crippen LogP contribution in [0.3, 0.4) is 0 Å². The summed E-state index contributed by atoms with van der Waals surface area (Å²) in [6.07, 6.45) is 8.33. The van der Waals surface area contributed by atoms with Gasteiger partial charge in [0.25, 0.3) is 0 Å². The van der Waals surface area contributed by atoms with E-state index < -0.39 is 0 Å². The predicted octanol–water partition coefficient (Wildman–Crippen LogP) is 4.88. The number of fused-ring (bicyclic) bond motifs is 2. The lowest BCUT2D eigenvalue weighted by Gasteiger charge is -2.16. The number of rotatable bonds is 3. The Morgan fingerprint density at radius 1 is 1.15 bits per heavy atom. The van der Waals surface area contributed by atoms with Crippen molar-refractivity contribution in [3.8, 4) is 11.3 Å². The van der Waals surface area contributed by atoms with Gasteiger partial charge in [-0.2, -0.15) is 5.10 Å². The summed E-state index contributed by atoms with van der Waals surface area (Å²) in [5, 5.41) is 5.49. The SMILES string of the molecule is Cn1nc(/C=C/C2=C(Cl)C[C@@H]3CC[C@H](C2)C3N)cc1-c1ccc(F)cc1. The summed E-state index contributed by atoms with van der Waals surface area (Å²) in [5.41, 5.74) is 10.3. The maximum absolute atomic E-state index is 13.1. The molecule has 5 heteroatoms. The van der Waals surface area contributed by atoms with Crippen molar-refractivity contribution in [2.45, 2.75) is 31.7 Å². The fourth-order valence-corrected chi connectivity index (χ4v) is 4.57. The van der Waals surface area contributed by atoms with Gasteiger partial charge in [-0.1, -0.05) is 17.7 Å². The molecule has 3 nitrogen and oxygen atoms in total. The van der Waals surface area contributed by atoms with Crippen LogP contribution in [0, 0.1) is 17.7 Å². The molecule has 1 aromatic heterocycles. The van der Waals surface area contributed by atoms with E-state index in [1.165, 1.54) is 30.5 Å². The highest BCUT2D eigenvalue weighted by Gasteiger charge is 2.36. The van der Waals surface area contributed by atoms with E-state index in [9.17, 15) is 4.39 Å². The summed E-state index contributed by atoms with van der Waals surface area (Å²) in [6.45, 7) is 0. The van der Waals surface area contributed by atoms with Crippen LogP contribution in [0.25, 0.3) is 17.3 Å². The van der Waals surface area contributed by atoms with E-state index in [1.807, 2.05) is 23.9 Å². The van der Waals surface area contributed by atoms with Crippen molar-refractivity contribution in [3.63, 3.8) is 0 Å². The molecule has 0 amide bonds. The minimum atomic E-state index is -0.238. The third-order valence-corrected chi connectivity index (χ3v) is 6.16. The van der Waals surface area contributed by atoms with E-state index in [2.05, 4.69) is 11.2 Å². The summed E-state index contributed by atoms with van der Waals surface area (Å²) in [7, 11) is 1.89. The lowest BCUT2D eigenvalue weighted by molar-refractivity contribution is 0.422. The molecule has 2 aliphatic rings. The molecule has 0 spiro atoms. The highest BCUT2D eigenvalue weighted by atomic mass is 35.5. The molecule has 1 saturated carbocycles. The lowest BCUT2D eigenvalue weighted by atomic mass is 9.95. The zero-order valence-electron chi connectivity index (χ0n) is 14.8. The minimum absolute atomic E-state index is 0.238. The third kappa shape index (κ3) is 3.36. The van der Waals surface area contributed by atoms with Gasteiger partial charge in [0.15, 0.2) is 0 Å². The quantitative estimate of drug-likeness (QED) is 0.835. The molecule has 2 bridgehead atoms. The van der Waals surface area contributed by atoms with Crippen LogP contribution in [0.4, 0.5) is 4.39 Å². The first kappa shape index (κ1) is 17.5. The number of aryl methyl sites for hydroxylation is 1. The molecule has 1 fully saturated rings. The fourth-order valence-electron chi connectivity index (χ4n) is 4.23. The van der Waals surface area contributed by atoms with Crippen molar-refractivity contribution in [2.75, 3.05) is 0 Å². The second-order valence-corrected chi connectivity index (χ2v) is 7.89. The Bertz CT molecular complexity index is 866. The number of halogens is 2. The average Bonchev–Trinajstić information content (AvgIpc) is 3.11. The lowest BCUT2D eigenvalue weighted by Crippen LogP contribution is -2.30. The molecular weight excluding hydrogens is 349 g/mol. The molecule has 26 heavy (non-hydrogen) atoms. The molecule has 0 radical (unpaired) electrons. The van der Waals surface area contributed by atoms with Gasteiger partial charge in [-0.05, 0) is 85.1 Å². The van der Waals surface area contributed by atoms with Gasteiger partial charge >= 0.3 is 0 Å². The molecule has 3 atom stereocenters. The number of aromatic nitrogens is 2. The number of nitrogens with two attached hydrogens (primary N) is 1. The van der Waals surface area contributed by atoms with E-state index in [0.717, 1.165) is 34.8 Å². The molecule has 2 aromatic rings. The maximum Gasteiger partial charge on any atom is 0.123 e. The fraction of sp³-hybridized carbons (Fsp3) is 0.381. The highest BCUT2D eigenvalue weighted by Crippen LogP contribution is 2.43. The van der Waals surface area contributed by atoms with Crippen molar-refractivity contribution >= 4 is 17.7 Å². The van der Waals surface area contributed by atoms with Crippen molar-refractivity contribution in [2.24, 2.45) is 24.6 Å². The Morgan fingerprint density at radius 2 is 1.85 bits per heavy atom. The number of allylic oxidation sites excluding steroid dienone is 3. The minimum Gasteiger partial charge on any atom is -0.327 e. The second-order valence-electron chi connectivity index (χ2n) is 7.43. The number of nitrogens with zero attached hydrogens (tertiary/aromatic N) is 2.